The van der Waals surface area contributed by atoms with Crippen molar-refractivity contribution in [1.29, 1.82) is 0 Å². The second-order valence-corrected chi connectivity index (χ2v) is 10.7. The molecule has 0 atom stereocenters. The molecule has 1 aromatic heterocycles. The lowest BCUT2D eigenvalue weighted by atomic mass is 9.95. The van der Waals surface area contributed by atoms with Gasteiger partial charge in [0.25, 0.3) is 0 Å². The molecule has 6 nitrogen and oxygen atoms in total. The number of carbonyl (C=O) groups excluding carboxylic acids is 1. The first-order valence-electron chi connectivity index (χ1n) is 14.8. The molecule has 0 spiro atoms. The van der Waals surface area contributed by atoms with Gasteiger partial charge in [0.15, 0.2) is 0 Å². The molecule has 212 valence electrons. The van der Waals surface area contributed by atoms with Gasteiger partial charge in [-0.3, -0.25) is 4.98 Å². The SMILES string of the molecule is CCOc1ccc(NC(=O)N(Cc2ccc(-c3ccc(CNC4CCCCC4)cc3)cc2)Cc2cccnc2)cc1. The molecule has 0 radical (unpaired) electrons. The number of aromatic nitrogens is 1. The highest BCUT2D eigenvalue weighted by Crippen LogP contribution is 2.23. The van der Waals surface area contributed by atoms with Gasteiger partial charge in [0.05, 0.1) is 6.61 Å². The first kappa shape index (κ1) is 28.4. The van der Waals surface area contributed by atoms with Crippen molar-refractivity contribution < 1.29 is 9.53 Å². The normalized spacial score (nSPS) is 13.5. The van der Waals surface area contributed by atoms with Gasteiger partial charge in [0.1, 0.15) is 5.75 Å². The van der Waals surface area contributed by atoms with E-state index in [1.165, 1.54) is 43.2 Å². The Labute approximate surface area is 243 Å². The first-order chi connectivity index (χ1) is 20.2. The van der Waals surface area contributed by atoms with E-state index in [4.69, 9.17) is 4.74 Å². The number of nitrogens with zero attached hydrogens (tertiary/aromatic N) is 2. The van der Waals surface area contributed by atoms with Crippen LogP contribution in [0.5, 0.6) is 5.75 Å². The number of benzene rings is 3. The number of rotatable bonds is 11. The molecule has 1 aliphatic rings. The van der Waals surface area contributed by atoms with Gasteiger partial charge in [-0.2, -0.15) is 0 Å². The van der Waals surface area contributed by atoms with Crippen molar-refractivity contribution in [3.63, 3.8) is 0 Å². The van der Waals surface area contributed by atoms with Gasteiger partial charge in [0.2, 0.25) is 0 Å². The van der Waals surface area contributed by atoms with Crippen molar-refractivity contribution in [2.75, 3.05) is 11.9 Å². The summed E-state index contributed by atoms with van der Waals surface area (Å²) in [6, 6.07) is 29.2. The fraction of sp³-hybridized carbons (Fsp3) is 0.314. The molecule has 3 aromatic carbocycles. The Hall–Kier alpha value is -4.16. The molecule has 0 bridgehead atoms. The topological polar surface area (TPSA) is 66.5 Å². The second kappa shape index (κ2) is 14.5. The minimum Gasteiger partial charge on any atom is -0.494 e. The summed E-state index contributed by atoms with van der Waals surface area (Å²) in [6.45, 7) is 4.41. The number of hydrogen-bond donors (Lipinski definition) is 2. The predicted molar refractivity (Wildman–Crippen MR) is 166 cm³/mol. The summed E-state index contributed by atoms with van der Waals surface area (Å²) in [6.07, 6.45) is 10.2. The van der Waals surface area contributed by atoms with Gasteiger partial charge in [-0.1, -0.05) is 73.9 Å². The molecule has 1 fully saturated rings. The Balaban J connectivity index is 1.22. The quantitative estimate of drug-likeness (QED) is 0.201. The van der Waals surface area contributed by atoms with Crippen molar-refractivity contribution in [1.82, 2.24) is 15.2 Å². The summed E-state index contributed by atoms with van der Waals surface area (Å²) in [7, 11) is 0. The van der Waals surface area contributed by atoms with Crippen LogP contribution in [0.2, 0.25) is 0 Å². The van der Waals surface area contributed by atoms with Crippen LogP contribution in [-0.4, -0.2) is 28.6 Å². The number of hydrogen-bond acceptors (Lipinski definition) is 4. The molecule has 0 aliphatic heterocycles. The van der Waals surface area contributed by atoms with Crippen molar-refractivity contribution in [3.8, 4) is 16.9 Å². The minimum atomic E-state index is -0.167. The molecular formula is C35H40N4O2. The molecule has 4 aromatic rings. The van der Waals surface area contributed by atoms with Gasteiger partial charge >= 0.3 is 6.03 Å². The Morgan fingerprint density at radius 2 is 1.49 bits per heavy atom. The van der Waals surface area contributed by atoms with E-state index in [1.807, 2.05) is 43.3 Å². The van der Waals surface area contributed by atoms with E-state index < -0.39 is 0 Å². The van der Waals surface area contributed by atoms with Gasteiger partial charge < -0.3 is 20.3 Å². The van der Waals surface area contributed by atoms with Crippen LogP contribution >= 0.6 is 0 Å². The third-order valence-electron chi connectivity index (χ3n) is 7.61. The summed E-state index contributed by atoms with van der Waals surface area (Å²) >= 11 is 0. The van der Waals surface area contributed by atoms with Crippen molar-refractivity contribution in [2.45, 2.75) is 64.7 Å². The average molecular weight is 549 g/mol. The number of pyridine rings is 1. The number of urea groups is 1. The summed E-state index contributed by atoms with van der Waals surface area (Å²) in [5.74, 6) is 0.781. The van der Waals surface area contributed by atoms with E-state index in [9.17, 15) is 4.79 Å². The van der Waals surface area contributed by atoms with Crippen LogP contribution in [0.15, 0.2) is 97.3 Å². The third-order valence-corrected chi connectivity index (χ3v) is 7.61. The molecule has 2 amide bonds. The predicted octanol–water partition coefficient (Wildman–Crippen LogP) is 7.80. The maximum atomic E-state index is 13.4. The Morgan fingerprint density at radius 1 is 0.829 bits per heavy atom. The van der Waals surface area contributed by atoms with E-state index in [-0.39, 0.29) is 6.03 Å². The lowest BCUT2D eigenvalue weighted by Gasteiger charge is -2.23. The molecule has 1 saturated carbocycles. The number of ether oxygens (including phenoxy) is 1. The fourth-order valence-electron chi connectivity index (χ4n) is 5.32. The number of anilines is 1. The van der Waals surface area contributed by atoms with E-state index in [0.29, 0.717) is 25.7 Å². The maximum Gasteiger partial charge on any atom is 0.322 e. The molecule has 5 rings (SSSR count). The van der Waals surface area contributed by atoms with Crippen LogP contribution in [0, 0.1) is 0 Å². The molecule has 2 N–H and O–H groups in total. The van der Waals surface area contributed by atoms with Gasteiger partial charge in [-0.05, 0) is 77.9 Å². The smallest absolute Gasteiger partial charge is 0.322 e. The van der Waals surface area contributed by atoms with E-state index >= 15 is 0 Å². The summed E-state index contributed by atoms with van der Waals surface area (Å²) in [5.41, 5.74) is 6.44. The lowest BCUT2D eigenvalue weighted by molar-refractivity contribution is 0.206. The second-order valence-electron chi connectivity index (χ2n) is 10.7. The van der Waals surface area contributed by atoms with Crippen LogP contribution in [0.4, 0.5) is 10.5 Å². The monoisotopic (exact) mass is 548 g/mol. The van der Waals surface area contributed by atoms with E-state index in [2.05, 4.69) is 64.1 Å². The zero-order valence-electron chi connectivity index (χ0n) is 23.9. The Bertz CT molecular complexity index is 1350. The Morgan fingerprint density at radius 3 is 2.12 bits per heavy atom. The first-order valence-corrected chi connectivity index (χ1v) is 14.8. The molecule has 1 aliphatic carbocycles. The van der Waals surface area contributed by atoms with Crippen molar-refractivity contribution in [3.05, 3.63) is 114 Å². The van der Waals surface area contributed by atoms with Crippen LogP contribution in [0.1, 0.15) is 55.7 Å². The van der Waals surface area contributed by atoms with E-state index in [1.54, 1.807) is 17.3 Å². The lowest BCUT2D eigenvalue weighted by Crippen LogP contribution is -2.34. The van der Waals surface area contributed by atoms with Crippen LogP contribution < -0.4 is 15.4 Å². The Kier molecular flexibility index (Phi) is 10.0. The zero-order valence-corrected chi connectivity index (χ0v) is 23.9. The van der Waals surface area contributed by atoms with Crippen LogP contribution in [0.3, 0.4) is 0 Å². The summed E-state index contributed by atoms with van der Waals surface area (Å²) in [5, 5.41) is 6.76. The van der Waals surface area contributed by atoms with E-state index in [0.717, 1.165) is 34.7 Å². The number of amides is 2. The van der Waals surface area contributed by atoms with Gasteiger partial charge in [-0.15, -0.1) is 0 Å². The van der Waals surface area contributed by atoms with Crippen molar-refractivity contribution in [2.24, 2.45) is 0 Å². The van der Waals surface area contributed by atoms with Crippen LogP contribution in [-0.2, 0) is 19.6 Å². The number of nitrogens with one attached hydrogen (secondary N) is 2. The van der Waals surface area contributed by atoms with Gasteiger partial charge in [0, 0.05) is 43.8 Å². The fourth-order valence-corrected chi connectivity index (χ4v) is 5.32. The summed E-state index contributed by atoms with van der Waals surface area (Å²) < 4.78 is 5.52. The molecule has 6 heteroatoms. The summed E-state index contributed by atoms with van der Waals surface area (Å²) in [4.78, 5) is 19.4. The minimum absolute atomic E-state index is 0.167. The maximum absolute atomic E-state index is 13.4. The van der Waals surface area contributed by atoms with Crippen LogP contribution in [0.25, 0.3) is 11.1 Å². The highest BCUT2D eigenvalue weighted by atomic mass is 16.5. The van der Waals surface area contributed by atoms with Gasteiger partial charge in [-0.25, -0.2) is 4.79 Å². The highest BCUT2D eigenvalue weighted by Gasteiger charge is 2.16. The molecule has 41 heavy (non-hydrogen) atoms. The molecule has 0 saturated heterocycles. The molecular weight excluding hydrogens is 508 g/mol. The third kappa shape index (κ3) is 8.41. The van der Waals surface area contributed by atoms with Crippen molar-refractivity contribution >= 4 is 11.7 Å². The highest BCUT2D eigenvalue weighted by molar-refractivity contribution is 5.89. The number of carbonyl (C=O) groups is 1. The molecule has 1 heterocycles. The zero-order chi connectivity index (χ0) is 28.3. The standard InChI is InChI=1S/C35H40N4O2/c1-2-41-34-20-18-33(19-21-34)38-35(40)39(26-29-7-6-22-36-23-29)25-28-12-16-31(17-13-28)30-14-10-27(11-15-30)24-37-32-8-4-3-5-9-32/h6-7,10-23,32,37H,2-5,8-9,24-26H2,1H3,(H,38,40). The largest absolute Gasteiger partial charge is 0.494 e. The average Bonchev–Trinajstić information content (AvgIpc) is 3.02. The molecule has 0 unspecified atom stereocenters.